The van der Waals surface area contributed by atoms with Gasteiger partial charge in [0.1, 0.15) is 11.2 Å². The number of nitrogens with zero attached hydrogens (tertiary/aromatic N) is 2. The summed E-state index contributed by atoms with van der Waals surface area (Å²) < 4.78 is 1.07. The van der Waals surface area contributed by atoms with E-state index in [1.54, 1.807) is 6.07 Å². The van der Waals surface area contributed by atoms with Crippen LogP contribution in [0.1, 0.15) is 15.9 Å². The molecule has 1 aromatic carbocycles. The predicted octanol–water partition coefficient (Wildman–Crippen LogP) is 1.70. The van der Waals surface area contributed by atoms with Gasteiger partial charge in [-0.2, -0.15) is 9.61 Å². The average molecular weight is 269 g/mol. The maximum absolute atomic E-state index is 12.0. The summed E-state index contributed by atoms with van der Waals surface area (Å²) in [6, 6.07) is 9.41. The summed E-state index contributed by atoms with van der Waals surface area (Å²) in [4.78, 5) is 25.6. The molecule has 20 heavy (non-hydrogen) atoms. The fourth-order valence-electron chi connectivity index (χ4n) is 1.98. The van der Waals surface area contributed by atoms with Gasteiger partial charge < -0.3 is 10.1 Å². The Morgan fingerprint density at radius 2 is 2.00 bits per heavy atom. The molecular formula is C14H11N3O3. The molecule has 6 nitrogen and oxygen atoms in total. The maximum atomic E-state index is 12.0. The number of hydrogen-bond acceptors (Lipinski definition) is 3. The van der Waals surface area contributed by atoms with Gasteiger partial charge in [-0.05, 0) is 6.92 Å². The first-order valence-corrected chi connectivity index (χ1v) is 5.98. The molecule has 0 spiro atoms. The van der Waals surface area contributed by atoms with Crippen molar-refractivity contribution in [2.75, 3.05) is 0 Å². The van der Waals surface area contributed by atoms with E-state index in [1.165, 1.54) is 6.20 Å². The molecule has 6 heteroatoms. The molecule has 0 fully saturated rings. The number of nitrogens with one attached hydrogen (secondary N) is 1. The first kappa shape index (κ1) is 12.2. The molecule has 0 bridgehead atoms. The van der Waals surface area contributed by atoms with E-state index < -0.39 is 11.5 Å². The van der Waals surface area contributed by atoms with Gasteiger partial charge in [0.2, 0.25) is 0 Å². The van der Waals surface area contributed by atoms with E-state index in [0.717, 1.165) is 15.6 Å². The molecule has 100 valence electrons. The minimum Gasteiger partial charge on any atom is -0.477 e. The molecule has 0 saturated heterocycles. The highest BCUT2D eigenvalue weighted by atomic mass is 16.4. The summed E-state index contributed by atoms with van der Waals surface area (Å²) in [7, 11) is 0. The Labute approximate surface area is 113 Å². The summed E-state index contributed by atoms with van der Waals surface area (Å²) in [5.74, 6) is -1.28. The highest BCUT2D eigenvalue weighted by Gasteiger charge is 2.13. The van der Waals surface area contributed by atoms with E-state index in [-0.39, 0.29) is 5.56 Å². The number of aromatic carboxylic acids is 1. The van der Waals surface area contributed by atoms with Gasteiger partial charge in [-0.25, -0.2) is 4.79 Å². The van der Waals surface area contributed by atoms with Crippen LogP contribution in [0.15, 0.2) is 41.3 Å². The third-order valence-corrected chi connectivity index (χ3v) is 3.07. The van der Waals surface area contributed by atoms with Crippen LogP contribution in [0.5, 0.6) is 0 Å². The van der Waals surface area contributed by atoms with Crippen molar-refractivity contribution in [2.24, 2.45) is 0 Å². The monoisotopic (exact) mass is 269 g/mol. The lowest BCUT2D eigenvalue weighted by atomic mass is 10.1. The molecule has 0 atom stereocenters. The van der Waals surface area contributed by atoms with Crippen LogP contribution in [0.25, 0.3) is 16.9 Å². The molecule has 0 saturated carbocycles. The summed E-state index contributed by atoms with van der Waals surface area (Å²) in [5.41, 5.74) is 2.07. The van der Waals surface area contributed by atoms with Crippen LogP contribution in [0.4, 0.5) is 0 Å². The number of H-pyrrole nitrogens is 1. The van der Waals surface area contributed by atoms with Gasteiger partial charge in [0.05, 0.1) is 5.69 Å². The van der Waals surface area contributed by atoms with Crippen LogP contribution in [-0.4, -0.2) is 25.7 Å². The Balaban J connectivity index is 2.21. The van der Waals surface area contributed by atoms with Crippen molar-refractivity contribution < 1.29 is 9.90 Å². The molecule has 2 heterocycles. The van der Waals surface area contributed by atoms with Crippen LogP contribution in [0.2, 0.25) is 0 Å². The lowest BCUT2D eigenvalue weighted by Gasteiger charge is -1.96. The lowest BCUT2D eigenvalue weighted by molar-refractivity contribution is 0.0694. The van der Waals surface area contributed by atoms with Crippen molar-refractivity contribution >= 4 is 11.6 Å². The highest BCUT2D eigenvalue weighted by Crippen LogP contribution is 2.18. The number of aromatic nitrogens is 3. The molecule has 0 radical (unpaired) electrons. The van der Waals surface area contributed by atoms with Crippen molar-refractivity contribution in [2.45, 2.75) is 6.92 Å². The standard InChI is InChI=1S/C14H11N3O3/c1-8-2-4-9(5-3-8)11-6-12-15-7-10(14(19)20)13(18)17(12)16-11/h2-7,15H,1H3,(H,19,20). The lowest BCUT2D eigenvalue weighted by Crippen LogP contribution is -2.22. The predicted molar refractivity (Wildman–Crippen MR) is 72.9 cm³/mol. The molecule has 2 N–H and O–H groups in total. The summed E-state index contributed by atoms with van der Waals surface area (Å²) in [5, 5.41) is 13.1. The largest absolute Gasteiger partial charge is 0.477 e. The molecule has 0 aliphatic carbocycles. The zero-order chi connectivity index (χ0) is 14.3. The molecule has 0 aliphatic heterocycles. The summed E-state index contributed by atoms with van der Waals surface area (Å²) in [6.45, 7) is 1.98. The van der Waals surface area contributed by atoms with Crippen LogP contribution >= 0.6 is 0 Å². The number of aryl methyl sites for hydroxylation is 1. The van der Waals surface area contributed by atoms with E-state index in [4.69, 9.17) is 5.11 Å². The van der Waals surface area contributed by atoms with Crippen LogP contribution < -0.4 is 5.56 Å². The van der Waals surface area contributed by atoms with E-state index >= 15 is 0 Å². The number of carboxylic acid groups (broad SMARTS) is 1. The van der Waals surface area contributed by atoms with Crippen LogP contribution in [-0.2, 0) is 0 Å². The summed E-state index contributed by atoms with van der Waals surface area (Å²) in [6.07, 6.45) is 1.18. The van der Waals surface area contributed by atoms with Gasteiger partial charge in [0, 0.05) is 17.8 Å². The topological polar surface area (TPSA) is 87.5 Å². The zero-order valence-electron chi connectivity index (χ0n) is 10.6. The molecule has 3 rings (SSSR count). The molecule has 2 aromatic heterocycles. The van der Waals surface area contributed by atoms with Gasteiger partial charge in [-0.15, -0.1) is 0 Å². The van der Waals surface area contributed by atoms with Crippen molar-refractivity contribution in [3.05, 3.63) is 58.0 Å². The maximum Gasteiger partial charge on any atom is 0.342 e. The van der Waals surface area contributed by atoms with E-state index in [9.17, 15) is 9.59 Å². The third-order valence-electron chi connectivity index (χ3n) is 3.07. The SMILES string of the molecule is Cc1ccc(-c2cc3[nH]cc(C(=O)O)c(=O)n3n2)cc1. The Kier molecular flexibility index (Phi) is 2.64. The van der Waals surface area contributed by atoms with Crippen molar-refractivity contribution in [1.82, 2.24) is 14.6 Å². The molecule has 0 aliphatic rings. The highest BCUT2D eigenvalue weighted by molar-refractivity contribution is 5.87. The number of fused-ring (bicyclic) bond motifs is 1. The van der Waals surface area contributed by atoms with Crippen molar-refractivity contribution in [3.8, 4) is 11.3 Å². The fourth-order valence-corrected chi connectivity index (χ4v) is 1.98. The molecule has 3 aromatic rings. The number of hydrogen-bond donors (Lipinski definition) is 2. The van der Waals surface area contributed by atoms with Gasteiger partial charge in [0.25, 0.3) is 5.56 Å². The molecular weight excluding hydrogens is 258 g/mol. The Bertz CT molecular complexity index is 859. The van der Waals surface area contributed by atoms with E-state index in [0.29, 0.717) is 11.3 Å². The average Bonchev–Trinajstić information content (AvgIpc) is 2.84. The number of benzene rings is 1. The quantitative estimate of drug-likeness (QED) is 0.741. The smallest absolute Gasteiger partial charge is 0.342 e. The Hall–Kier alpha value is -2.89. The zero-order valence-corrected chi connectivity index (χ0v) is 10.6. The second-order valence-corrected chi connectivity index (χ2v) is 4.51. The van der Waals surface area contributed by atoms with E-state index in [2.05, 4.69) is 10.1 Å². The van der Waals surface area contributed by atoms with E-state index in [1.807, 2.05) is 31.2 Å². The summed E-state index contributed by atoms with van der Waals surface area (Å²) >= 11 is 0. The van der Waals surface area contributed by atoms with Gasteiger partial charge in [-0.3, -0.25) is 4.79 Å². The number of aromatic amines is 1. The Morgan fingerprint density at radius 3 is 2.65 bits per heavy atom. The molecule has 0 amide bonds. The fraction of sp³-hybridized carbons (Fsp3) is 0.0714. The normalized spacial score (nSPS) is 10.8. The number of rotatable bonds is 2. The van der Waals surface area contributed by atoms with Crippen LogP contribution in [0.3, 0.4) is 0 Å². The minimum atomic E-state index is -1.28. The first-order chi connectivity index (χ1) is 9.56. The third kappa shape index (κ3) is 1.87. The Morgan fingerprint density at radius 1 is 1.30 bits per heavy atom. The van der Waals surface area contributed by atoms with Gasteiger partial charge in [0.15, 0.2) is 0 Å². The second-order valence-electron chi connectivity index (χ2n) is 4.51. The van der Waals surface area contributed by atoms with Gasteiger partial charge >= 0.3 is 5.97 Å². The van der Waals surface area contributed by atoms with Crippen molar-refractivity contribution in [3.63, 3.8) is 0 Å². The first-order valence-electron chi connectivity index (χ1n) is 5.98. The number of carboxylic acids is 1. The van der Waals surface area contributed by atoms with Gasteiger partial charge in [-0.1, -0.05) is 29.8 Å². The van der Waals surface area contributed by atoms with Crippen molar-refractivity contribution in [1.29, 1.82) is 0 Å². The van der Waals surface area contributed by atoms with Crippen LogP contribution in [0, 0.1) is 6.92 Å². The minimum absolute atomic E-state index is 0.337. The molecule has 0 unspecified atom stereocenters. The number of carbonyl (C=O) groups is 1. The second kappa shape index (κ2) is 4.34.